The largest absolute Gasteiger partial charge is 0.461 e. The van der Waals surface area contributed by atoms with Crippen LogP contribution in [0.2, 0.25) is 0 Å². The monoisotopic (exact) mass is 161 g/mol. The van der Waals surface area contributed by atoms with Crippen molar-refractivity contribution in [1.82, 2.24) is 9.97 Å². The Morgan fingerprint density at radius 1 is 1.58 bits per heavy atom. The Bertz CT molecular complexity index is 456. The number of azide groups is 1. The van der Waals surface area contributed by atoms with E-state index in [9.17, 15) is 0 Å². The third-order valence-corrected chi connectivity index (χ3v) is 1.37. The third-order valence-electron chi connectivity index (χ3n) is 1.37. The first-order valence-electron chi connectivity index (χ1n) is 3.14. The maximum atomic E-state index is 8.17. The molecule has 0 amide bonds. The normalized spacial score (nSPS) is 9.67. The SMILES string of the molecule is [N-]=[N+]=Nc1coc2cncnc12. The third kappa shape index (κ3) is 0.869. The van der Waals surface area contributed by atoms with Gasteiger partial charge < -0.3 is 4.42 Å². The summed E-state index contributed by atoms with van der Waals surface area (Å²) in [5, 5.41) is 3.39. The second-order valence-electron chi connectivity index (χ2n) is 2.05. The molecule has 0 radical (unpaired) electrons. The molecule has 0 unspecified atom stereocenters. The van der Waals surface area contributed by atoms with Gasteiger partial charge in [-0.05, 0) is 5.53 Å². The van der Waals surface area contributed by atoms with Crippen LogP contribution in [0.15, 0.2) is 28.3 Å². The highest BCUT2D eigenvalue weighted by Gasteiger charge is 2.03. The molecule has 0 aliphatic heterocycles. The Labute approximate surface area is 66.5 Å². The van der Waals surface area contributed by atoms with Crippen molar-refractivity contribution in [2.24, 2.45) is 5.11 Å². The Morgan fingerprint density at radius 3 is 3.33 bits per heavy atom. The van der Waals surface area contributed by atoms with Gasteiger partial charge in [0.2, 0.25) is 0 Å². The van der Waals surface area contributed by atoms with E-state index in [2.05, 4.69) is 20.0 Å². The molecule has 6 heteroatoms. The molecule has 0 spiro atoms. The molecule has 0 saturated carbocycles. The van der Waals surface area contributed by atoms with Gasteiger partial charge in [-0.3, -0.25) is 0 Å². The van der Waals surface area contributed by atoms with Crippen LogP contribution in [0.4, 0.5) is 5.69 Å². The number of hydrogen-bond donors (Lipinski definition) is 0. The molecular weight excluding hydrogens is 158 g/mol. The Kier molecular flexibility index (Phi) is 1.39. The number of fused-ring (bicyclic) bond motifs is 1. The highest BCUT2D eigenvalue weighted by Crippen LogP contribution is 2.24. The molecule has 0 aliphatic rings. The molecule has 0 N–H and O–H groups in total. The van der Waals surface area contributed by atoms with Gasteiger partial charge in [-0.2, -0.15) is 0 Å². The van der Waals surface area contributed by atoms with Crippen LogP contribution >= 0.6 is 0 Å². The molecule has 0 fully saturated rings. The van der Waals surface area contributed by atoms with Gasteiger partial charge in [-0.25, -0.2) is 9.97 Å². The van der Waals surface area contributed by atoms with Crippen LogP contribution in [0.1, 0.15) is 0 Å². The summed E-state index contributed by atoms with van der Waals surface area (Å²) in [6.07, 6.45) is 4.23. The van der Waals surface area contributed by atoms with Gasteiger partial charge in [-0.15, -0.1) is 0 Å². The molecule has 0 saturated heterocycles. The van der Waals surface area contributed by atoms with E-state index in [-0.39, 0.29) is 0 Å². The summed E-state index contributed by atoms with van der Waals surface area (Å²) in [6.45, 7) is 0. The lowest BCUT2D eigenvalue weighted by Crippen LogP contribution is -1.74. The van der Waals surface area contributed by atoms with E-state index in [4.69, 9.17) is 9.95 Å². The lowest BCUT2D eigenvalue weighted by Gasteiger charge is -1.83. The Morgan fingerprint density at radius 2 is 2.50 bits per heavy atom. The van der Waals surface area contributed by atoms with Crippen molar-refractivity contribution < 1.29 is 4.42 Å². The van der Waals surface area contributed by atoms with E-state index in [0.29, 0.717) is 16.8 Å². The summed E-state index contributed by atoms with van der Waals surface area (Å²) in [6, 6.07) is 0. The predicted octanol–water partition coefficient (Wildman–Crippen LogP) is 2.16. The quantitative estimate of drug-likeness (QED) is 0.364. The second kappa shape index (κ2) is 2.52. The average molecular weight is 161 g/mol. The fourth-order valence-corrected chi connectivity index (χ4v) is 0.890. The van der Waals surface area contributed by atoms with Gasteiger partial charge in [0.25, 0.3) is 0 Å². The fraction of sp³-hybridized carbons (Fsp3) is 0. The molecular formula is C6H3N5O. The summed E-state index contributed by atoms with van der Waals surface area (Å²) in [5.41, 5.74) is 9.60. The first kappa shape index (κ1) is 6.63. The fourth-order valence-electron chi connectivity index (χ4n) is 0.890. The maximum absolute atomic E-state index is 8.17. The van der Waals surface area contributed by atoms with Crippen LogP contribution in [-0.2, 0) is 0 Å². The number of nitrogens with zero attached hydrogens (tertiary/aromatic N) is 5. The van der Waals surface area contributed by atoms with Crippen molar-refractivity contribution in [1.29, 1.82) is 0 Å². The van der Waals surface area contributed by atoms with Gasteiger partial charge in [0.05, 0.1) is 6.20 Å². The van der Waals surface area contributed by atoms with E-state index in [1.807, 2.05) is 0 Å². The smallest absolute Gasteiger partial charge is 0.171 e. The van der Waals surface area contributed by atoms with Crippen LogP contribution in [0.5, 0.6) is 0 Å². The Hall–Kier alpha value is -2.07. The zero-order chi connectivity index (χ0) is 8.39. The maximum Gasteiger partial charge on any atom is 0.171 e. The van der Waals surface area contributed by atoms with Crippen molar-refractivity contribution >= 4 is 16.8 Å². The van der Waals surface area contributed by atoms with Gasteiger partial charge in [0, 0.05) is 4.91 Å². The first-order chi connectivity index (χ1) is 5.92. The second-order valence-corrected chi connectivity index (χ2v) is 2.05. The van der Waals surface area contributed by atoms with Crippen molar-refractivity contribution in [3.63, 3.8) is 0 Å². The summed E-state index contributed by atoms with van der Waals surface area (Å²) in [4.78, 5) is 10.3. The lowest BCUT2D eigenvalue weighted by molar-refractivity contribution is 0.614. The molecule has 2 aromatic heterocycles. The molecule has 0 bridgehead atoms. The van der Waals surface area contributed by atoms with E-state index in [0.717, 1.165) is 0 Å². The highest BCUT2D eigenvalue weighted by molar-refractivity contribution is 5.83. The molecule has 0 aromatic carbocycles. The van der Waals surface area contributed by atoms with Crippen LogP contribution < -0.4 is 0 Å². The van der Waals surface area contributed by atoms with E-state index >= 15 is 0 Å². The van der Waals surface area contributed by atoms with E-state index in [1.54, 1.807) is 0 Å². The predicted molar refractivity (Wildman–Crippen MR) is 40.6 cm³/mol. The topological polar surface area (TPSA) is 87.7 Å². The van der Waals surface area contributed by atoms with E-state index in [1.165, 1.54) is 18.8 Å². The molecule has 2 rings (SSSR count). The van der Waals surface area contributed by atoms with Gasteiger partial charge in [0.15, 0.2) is 5.58 Å². The van der Waals surface area contributed by atoms with Crippen LogP contribution in [0.3, 0.4) is 0 Å². The minimum absolute atomic E-state index is 0.384. The molecule has 2 heterocycles. The van der Waals surface area contributed by atoms with Crippen molar-refractivity contribution in [3.05, 3.63) is 29.2 Å². The van der Waals surface area contributed by atoms with Crippen molar-refractivity contribution in [2.75, 3.05) is 0 Å². The van der Waals surface area contributed by atoms with E-state index < -0.39 is 0 Å². The lowest BCUT2D eigenvalue weighted by atomic mass is 10.4. The van der Waals surface area contributed by atoms with Gasteiger partial charge in [0.1, 0.15) is 23.8 Å². The average Bonchev–Trinajstić information content (AvgIpc) is 2.50. The number of rotatable bonds is 1. The van der Waals surface area contributed by atoms with Crippen LogP contribution in [-0.4, -0.2) is 9.97 Å². The molecule has 0 atom stereocenters. The highest BCUT2D eigenvalue weighted by atomic mass is 16.3. The number of hydrogen-bond acceptors (Lipinski definition) is 4. The number of aromatic nitrogens is 2. The summed E-state index contributed by atoms with van der Waals surface area (Å²) in [5.74, 6) is 0. The minimum atomic E-state index is 0.384. The summed E-state index contributed by atoms with van der Waals surface area (Å²) in [7, 11) is 0. The summed E-state index contributed by atoms with van der Waals surface area (Å²) >= 11 is 0. The van der Waals surface area contributed by atoms with Crippen molar-refractivity contribution in [3.8, 4) is 0 Å². The number of furan rings is 1. The zero-order valence-corrected chi connectivity index (χ0v) is 5.88. The molecule has 12 heavy (non-hydrogen) atoms. The zero-order valence-electron chi connectivity index (χ0n) is 5.88. The van der Waals surface area contributed by atoms with Crippen LogP contribution in [0, 0.1) is 0 Å². The summed E-state index contributed by atoms with van der Waals surface area (Å²) < 4.78 is 5.01. The molecule has 2 aromatic rings. The minimum Gasteiger partial charge on any atom is -0.461 e. The van der Waals surface area contributed by atoms with Gasteiger partial charge in [-0.1, -0.05) is 5.11 Å². The molecule has 6 nitrogen and oxygen atoms in total. The standard InChI is InChI=1S/C6H3N5O/c7-11-10-4-2-12-5-1-8-3-9-6(4)5/h1-3H. The van der Waals surface area contributed by atoms with Crippen LogP contribution in [0.25, 0.3) is 21.5 Å². The van der Waals surface area contributed by atoms with Gasteiger partial charge >= 0.3 is 0 Å². The molecule has 0 aliphatic carbocycles. The first-order valence-corrected chi connectivity index (χ1v) is 3.14. The molecule has 58 valence electrons. The Balaban J connectivity index is 2.78. The van der Waals surface area contributed by atoms with Crippen molar-refractivity contribution in [2.45, 2.75) is 0 Å².